The van der Waals surface area contributed by atoms with E-state index < -0.39 is 10.0 Å². The summed E-state index contributed by atoms with van der Waals surface area (Å²) in [6, 6.07) is 10.6. The van der Waals surface area contributed by atoms with Gasteiger partial charge in [0.2, 0.25) is 15.9 Å². The summed E-state index contributed by atoms with van der Waals surface area (Å²) in [5.41, 5.74) is 0.868. The van der Waals surface area contributed by atoms with Crippen molar-refractivity contribution in [2.24, 2.45) is 5.92 Å². The first-order valence-corrected chi connectivity index (χ1v) is 13.1. The van der Waals surface area contributed by atoms with Gasteiger partial charge >= 0.3 is 0 Å². The molecule has 0 aromatic heterocycles. The Balaban J connectivity index is 1.27. The molecule has 2 saturated heterocycles. The molecule has 6 nitrogen and oxygen atoms in total. The summed E-state index contributed by atoms with van der Waals surface area (Å²) in [6.45, 7) is 3.91. The molecule has 2 aliphatic heterocycles. The van der Waals surface area contributed by atoms with Gasteiger partial charge < -0.3 is 4.90 Å². The van der Waals surface area contributed by atoms with Gasteiger partial charge in [-0.15, -0.1) is 0 Å². The molecule has 178 valence electrons. The molecule has 10 heteroatoms. The third-order valence-corrected chi connectivity index (χ3v) is 8.86. The summed E-state index contributed by atoms with van der Waals surface area (Å²) in [4.78, 5) is 17.3. The summed E-state index contributed by atoms with van der Waals surface area (Å²) in [6.07, 6.45) is 1.02. The van der Waals surface area contributed by atoms with E-state index >= 15 is 0 Å². The monoisotopic (exact) mass is 513 g/mol. The van der Waals surface area contributed by atoms with Crippen LogP contribution in [-0.2, 0) is 21.4 Å². The van der Waals surface area contributed by atoms with Crippen LogP contribution >= 0.6 is 23.2 Å². The number of amides is 1. The standard InChI is InChI=1S/C23H26Cl2FN3O3S/c24-19-2-5-21(6-3-19)33(31,32)29-9-7-17(8-10-29)23(30)28-13-11-27(12-14-28)16-18-1-4-20(26)15-22(18)25/h1-6,15,17H,7-14,16H2. The first-order valence-electron chi connectivity index (χ1n) is 10.9. The zero-order valence-corrected chi connectivity index (χ0v) is 20.4. The maximum atomic E-state index is 13.2. The van der Waals surface area contributed by atoms with Crippen LogP contribution in [0.25, 0.3) is 0 Å². The Hall–Kier alpha value is -1.71. The van der Waals surface area contributed by atoms with Crippen molar-refractivity contribution in [3.8, 4) is 0 Å². The van der Waals surface area contributed by atoms with Crippen molar-refractivity contribution in [1.29, 1.82) is 0 Å². The normalized spacial score (nSPS) is 19.1. The zero-order chi connectivity index (χ0) is 23.6. The van der Waals surface area contributed by atoms with Gasteiger partial charge in [-0.25, -0.2) is 12.8 Å². The summed E-state index contributed by atoms with van der Waals surface area (Å²) in [5.74, 6) is -0.427. The highest BCUT2D eigenvalue weighted by atomic mass is 35.5. The maximum Gasteiger partial charge on any atom is 0.243 e. The lowest BCUT2D eigenvalue weighted by Gasteiger charge is -2.38. The number of sulfonamides is 1. The molecule has 0 unspecified atom stereocenters. The number of halogens is 3. The van der Waals surface area contributed by atoms with Crippen LogP contribution in [0.3, 0.4) is 0 Å². The fourth-order valence-corrected chi connectivity index (χ4v) is 6.20. The van der Waals surface area contributed by atoms with E-state index in [-0.39, 0.29) is 22.5 Å². The second-order valence-corrected chi connectivity index (χ2v) is 11.3. The van der Waals surface area contributed by atoms with Crippen molar-refractivity contribution in [3.63, 3.8) is 0 Å². The molecule has 1 amide bonds. The van der Waals surface area contributed by atoms with Crippen LogP contribution in [0.2, 0.25) is 10.0 Å². The van der Waals surface area contributed by atoms with E-state index in [4.69, 9.17) is 23.2 Å². The molecule has 0 saturated carbocycles. The molecule has 0 atom stereocenters. The van der Waals surface area contributed by atoms with Crippen molar-refractivity contribution in [2.75, 3.05) is 39.3 Å². The molecular formula is C23H26Cl2FN3O3S. The first-order chi connectivity index (χ1) is 15.7. The average Bonchev–Trinajstić information content (AvgIpc) is 2.81. The largest absolute Gasteiger partial charge is 0.340 e. The highest BCUT2D eigenvalue weighted by molar-refractivity contribution is 7.89. The van der Waals surface area contributed by atoms with E-state index in [9.17, 15) is 17.6 Å². The minimum Gasteiger partial charge on any atom is -0.340 e. The predicted molar refractivity (Wildman–Crippen MR) is 126 cm³/mol. The number of piperazine rings is 1. The molecule has 2 aromatic rings. The van der Waals surface area contributed by atoms with E-state index in [0.717, 1.165) is 5.56 Å². The fraction of sp³-hybridized carbons (Fsp3) is 0.435. The van der Waals surface area contributed by atoms with E-state index in [0.29, 0.717) is 68.7 Å². The third kappa shape index (κ3) is 5.69. The highest BCUT2D eigenvalue weighted by Crippen LogP contribution is 2.27. The van der Waals surface area contributed by atoms with Crippen LogP contribution in [-0.4, -0.2) is 67.7 Å². The SMILES string of the molecule is O=C(C1CCN(S(=O)(=O)c2ccc(Cl)cc2)CC1)N1CCN(Cc2ccc(F)cc2Cl)CC1. The molecule has 0 spiro atoms. The van der Waals surface area contributed by atoms with Gasteiger partial charge in [-0.1, -0.05) is 29.3 Å². The Morgan fingerprint density at radius 1 is 0.939 bits per heavy atom. The Labute approximate surface area is 203 Å². The molecule has 0 N–H and O–H groups in total. The Morgan fingerprint density at radius 3 is 2.18 bits per heavy atom. The number of hydrogen-bond donors (Lipinski definition) is 0. The van der Waals surface area contributed by atoms with Gasteiger partial charge in [-0.3, -0.25) is 9.69 Å². The topological polar surface area (TPSA) is 60.9 Å². The molecule has 0 aliphatic carbocycles. The number of hydrogen-bond acceptors (Lipinski definition) is 4. The molecular weight excluding hydrogens is 488 g/mol. The lowest BCUT2D eigenvalue weighted by Crippen LogP contribution is -2.51. The number of carbonyl (C=O) groups excluding carboxylic acids is 1. The van der Waals surface area contributed by atoms with Crippen LogP contribution in [0, 0.1) is 11.7 Å². The van der Waals surface area contributed by atoms with Crippen molar-refractivity contribution < 1.29 is 17.6 Å². The Morgan fingerprint density at radius 2 is 1.58 bits per heavy atom. The van der Waals surface area contributed by atoms with Gasteiger partial charge in [0.05, 0.1) is 4.90 Å². The minimum absolute atomic E-state index is 0.0954. The minimum atomic E-state index is -3.59. The average molecular weight is 514 g/mol. The highest BCUT2D eigenvalue weighted by Gasteiger charge is 2.34. The number of piperidine rings is 1. The van der Waals surface area contributed by atoms with Crippen LogP contribution in [0.4, 0.5) is 4.39 Å². The zero-order valence-electron chi connectivity index (χ0n) is 18.1. The molecule has 0 radical (unpaired) electrons. The summed E-state index contributed by atoms with van der Waals surface area (Å²) < 4.78 is 40.4. The van der Waals surface area contributed by atoms with Gasteiger partial charge in [0.15, 0.2) is 0 Å². The van der Waals surface area contributed by atoms with Crippen LogP contribution < -0.4 is 0 Å². The van der Waals surface area contributed by atoms with Crippen LogP contribution in [0.5, 0.6) is 0 Å². The van der Waals surface area contributed by atoms with Crippen molar-refractivity contribution in [3.05, 3.63) is 63.9 Å². The molecule has 2 aliphatic rings. The van der Waals surface area contributed by atoms with Gasteiger partial charge in [0, 0.05) is 61.8 Å². The summed E-state index contributed by atoms with van der Waals surface area (Å²) >= 11 is 12.0. The molecule has 2 aromatic carbocycles. The van der Waals surface area contributed by atoms with E-state index in [1.165, 1.54) is 28.6 Å². The summed E-state index contributed by atoms with van der Waals surface area (Å²) in [5, 5.41) is 0.896. The van der Waals surface area contributed by atoms with Gasteiger partial charge in [-0.05, 0) is 54.8 Å². The van der Waals surface area contributed by atoms with Crippen LogP contribution in [0.1, 0.15) is 18.4 Å². The molecule has 33 heavy (non-hydrogen) atoms. The molecule has 0 bridgehead atoms. The number of carbonyl (C=O) groups is 1. The van der Waals surface area contributed by atoms with Crippen molar-refractivity contribution >= 4 is 39.1 Å². The lowest BCUT2D eigenvalue weighted by molar-refractivity contribution is -0.138. The number of benzene rings is 2. The van der Waals surface area contributed by atoms with E-state index in [1.807, 2.05) is 4.90 Å². The van der Waals surface area contributed by atoms with Gasteiger partial charge in [-0.2, -0.15) is 4.31 Å². The molecule has 2 fully saturated rings. The van der Waals surface area contributed by atoms with Gasteiger partial charge in [0.1, 0.15) is 5.82 Å². The number of nitrogens with zero attached hydrogens (tertiary/aromatic N) is 3. The smallest absolute Gasteiger partial charge is 0.243 e. The van der Waals surface area contributed by atoms with Crippen molar-refractivity contribution in [2.45, 2.75) is 24.3 Å². The quantitative estimate of drug-likeness (QED) is 0.608. The second-order valence-electron chi connectivity index (χ2n) is 8.47. The third-order valence-electron chi connectivity index (χ3n) is 6.35. The van der Waals surface area contributed by atoms with Gasteiger partial charge in [0.25, 0.3) is 0 Å². The molecule has 2 heterocycles. The van der Waals surface area contributed by atoms with E-state index in [1.54, 1.807) is 18.2 Å². The second kappa shape index (κ2) is 10.3. The predicted octanol–water partition coefficient (Wildman–Crippen LogP) is 3.88. The Bertz CT molecular complexity index is 1100. The maximum absolute atomic E-state index is 13.2. The fourth-order valence-electron chi connectivity index (χ4n) is 4.37. The first kappa shape index (κ1) is 24.4. The Kier molecular flexibility index (Phi) is 7.60. The van der Waals surface area contributed by atoms with Crippen LogP contribution in [0.15, 0.2) is 47.4 Å². The molecule has 4 rings (SSSR count). The van der Waals surface area contributed by atoms with E-state index in [2.05, 4.69) is 4.90 Å². The number of rotatable bonds is 5. The summed E-state index contributed by atoms with van der Waals surface area (Å²) in [7, 11) is -3.59. The van der Waals surface area contributed by atoms with Crippen molar-refractivity contribution in [1.82, 2.24) is 14.1 Å². The lowest BCUT2D eigenvalue weighted by atomic mass is 9.96.